The fraction of sp³-hybridized carbons (Fsp3) is 0.417. The van der Waals surface area contributed by atoms with Crippen LogP contribution in [-0.4, -0.2) is 79.8 Å². The van der Waals surface area contributed by atoms with E-state index in [0.29, 0.717) is 17.7 Å². The van der Waals surface area contributed by atoms with Crippen molar-refractivity contribution >= 4 is 33.6 Å². The van der Waals surface area contributed by atoms with E-state index in [1.807, 2.05) is 0 Å². The summed E-state index contributed by atoms with van der Waals surface area (Å²) in [5, 5.41) is 9.66. The van der Waals surface area contributed by atoms with Crippen LogP contribution in [-0.2, 0) is 30.9 Å². The second kappa shape index (κ2) is 11.4. The lowest BCUT2D eigenvalue weighted by molar-refractivity contribution is -0.141. The van der Waals surface area contributed by atoms with Crippen LogP contribution in [0, 0.1) is 5.82 Å². The SMILES string of the molecule is COCCOC(=O)N1CC2CCC(C(=O)NO)(C1)N2S(=O)(=O)c1ccc(OCc2ccc(F)cc2Cl)cc1. The van der Waals surface area contributed by atoms with Crippen LogP contribution >= 0.6 is 11.6 Å². The van der Waals surface area contributed by atoms with E-state index >= 15 is 0 Å². The van der Waals surface area contributed by atoms with Gasteiger partial charge < -0.3 is 19.1 Å². The molecule has 2 N–H and O–H groups in total. The number of carbonyl (C=O) groups is 2. The first-order valence-corrected chi connectivity index (χ1v) is 13.5. The molecular formula is C24H27ClFN3O8S. The molecule has 2 amide bonds. The van der Waals surface area contributed by atoms with Crippen molar-refractivity contribution in [2.24, 2.45) is 0 Å². The average molecular weight is 572 g/mol. The third kappa shape index (κ3) is 5.43. The first kappa shape index (κ1) is 28.0. The monoisotopic (exact) mass is 571 g/mol. The molecular weight excluding hydrogens is 545 g/mol. The summed E-state index contributed by atoms with van der Waals surface area (Å²) in [6.45, 7) is -0.0525. The van der Waals surface area contributed by atoms with Crippen molar-refractivity contribution in [2.75, 3.05) is 33.4 Å². The van der Waals surface area contributed by atoms with Crippen molar-refractivity contribution in [1.82, 2.24) is 14.7 Å². The first-order chi connectivity index (χ1) is 18.1. The molecule has 2 aromatic carbocycles. The maximum absolute atomic E-state index is 13.7. The van der Waals surface area contributed by atoms with Crippen LogP contribution in [0.25, 0.3) is 0 Å². The number of rotatable bonds is 9. The van der Waals surface area contributed by atoms with E-state index in [0.717, 1.165) is 4.31 Å². The molecule has 0 aliphatic carbocycles. The van der Waals surface area contributed by atoms with Crippen molar-refractivity contribution in [3.8, 4) is 5.75 Å². The molecule has 14 heteroatoms. The number of halogens is 2. The number of piperazine rings is 1. The number of sulfonamides is 1. The van der Waals surface area contributed by atoms with Gasteiger partial charge in [-0.05, 0) is 49.2 Å². The van der Waals surface area contributed by atoms with E-state index in [1.165, 1.54) is 54.5 Å². The second-order valence-corrected chi connectivity index (χ2v) is 11.2. The molecule has 2 unspecified atom stereocenters. The van der Waals surface area contributed by atoms with Gasteiger partial charge >= 0.3 is 6.09 Å². The van der Waals surface area contributed by atoms with Crippen molar-refractivity contribution in [2.45, 2.75) is 35.9 Å². The van der Waals surface area contributed by atoms with Gasteiger partial charge in [0.05, 0.1) is 23.1 Å². The quantitative estimate of drug-likeness (QED) is 0.266. The van der Waals surface area contributed by atoms with Gasteiger partial charge in [-0.2, -0.15) is 4.31 Å². The number of hydrogen-bond acceptors (Lipinski definition) is 8. The minimum atomic E-state index is -4.23. The number of methoxy groups -OCH3 is 1. The summed E-state index contributed by atoms with van der Waals surface area (Å²) in [7, 11) is -2.78. The number of amides is 2. The number of nitrogens with one attached hydrogen (secondary N) is 1. The van der Waals surface area contributed by atoms with Gasteiger partial charge in [-0.3, -0.25) is 10.0 Å². The lowest BCUT2D eigenvalue weighted by Gasteiger charge is -2.45. The maximum Gasteiger partial charge on any atom is 0.409 e. The highest BCUT2D eigenvalue weighted by Crippen LogP contribution is 2.43. The number of fused-ring (bicyclic) bond motifs is 2. The molecule has 2 aliphatic heterocycles. The van der Waals surface area contributed by atoms with Crippen molar-refractivity contribution in [3.63, 3.8) is 0 Å². The summed E-state index contributed by atoms with van der Waals surface area (Å²) in [4.78, 5) is 26.6. The molecule has 2 fully saturated rings. The highest BCUT2D eigenvalue weighted by molar-refractivity contribution is 7.89. The van der Waals surface area contributed by atoms with Crippen LogP contribution in [0.15, 0.2) is 47.4 Å². The Hall–Kier alpha value is -2.97. The molecule has 2 bridgehead atoms. The zero-order chi connectivity index (χ0) is 27.5. The zero-order valence-corrected chi connectivity index (χ0v) is 22.0. The van der Waals surface area contributed by atoms with Crippen molar-refractivity contribution < 1.29 is 41.8 Å². The van der Waals surface area contributed by atoms with Gasteiger partial charge in [0.1, 0.15) is 30.3 Å². The van der Waals surface area contributed by atoms with E-state index in [2.05, 4.69) is 0 Å². The van der Waals surface area contributed by atoms with Crippen molar-refractivity contribution in [3.05, 3.63) is 58.9 Å². The standard InChI is InChI=1S/C24H27ClFN3O8S/c1-35-10-11-36-23(31)28-13-18-8-9-24(15-28,22(30)27-32)29(18)38(33,34)20-6-4-19(5-7-20)37-14-16-2-3-17(26)12-21(16)25/h2-7,12,18,32H,8-11,13-15H2,1H3,(H,27,30). The second-order valence-electron chi connectivity index (χ2n) is 8.95. The first-order valence-electron chi connectivity index (χ1n) is 11.7. The van der Waals surface area contributed by atoms with Crippen LogP contribution < -0.4 is 10.2 Å². The summed E-state index contributed by atoms with van der Waals surface area (Å²) in [5.74, 6) is -1.06. The Labute approximate surface area is 224 Å². The van der Waals surface area contributed by atoms with Gasteiger partial charge in [-0.15, -0.1) is 0 Å². The van der Waals surface area contributed by atoms with E-state index in [-0.39, 0.29) is 49.2 Å². The fourth-order valence-electron chi connectivity index (χ4n) is 4.81. The lowest BCUT2D eigenvalue weighted by Crippen LogP contribution is -2.69. The van der Waals surface area contributed by atoms with Crippen LogP contribution in [0.3, 0.4) is 0 Å². The summed E-state index contributed by atoms with van der Waals surface area (Å²) < 4.78 is 57.5. The van der Waals surface area contributed by atoms with Gasteiger partial charge in [0, 0.05) is 25.3 Å². The molecule has 2 aromatic rings. The van der Waals surface area contributed by atoms with Gasteiger partial charge in [-0.25, -0.2) is 23.1 Å². The normalized spacial score (nSPS) is 21.3. The van der Waals surface area contributed by atoms with Gasteiger partial charge in [-0.1, -0.05) is 17.7 Å². The van der Waals surface area contributed by atoms with Gasteiger partial charge in [0.25, 0.3) is 5.91 Å². The minimum absolute atomic E-state index is 0.000502. The van der Waals surface area contributed by atoms with Gasteiger partial charge in [0.15, 0.2) is 0 Å². The Morgan fingerprint density at radius 3 is 2.61 bits per heavy atom. The Kier molecular flexibility index (Phi) is 8.43. The average Bonchev–Trinajstić information content (AvgIpc) is 3.16. The number of nitrogens with zero attached hydrogens (tertiary/aromatic N) is 2. The molecule has 0 saturated carbocycles. The topological polar surface area (TPSA) is 135 Å². The molecule has 2 saturated heterocycles. The minimum Gasteiger partial charge on any atom is -0.489 e. The molecule has 0 spiro atoms. The Morgan fingerprint density at radius 2 is 1.95 bits per heavy atom. The number of likely N-dealkylation sites (tertiary alicyclic amines) is 1. The van der Waals surface area contributed by atoms with Crippen molar-refractivity contribution in [1.29, 1.82) is 0 Å². The predicted octanol–water partition coefficient (Wildman–Crippen LogP) is 2.55. The molecule has 11 nitrogen and oxygen atoms in total. The smallest absolute Gasteiger partial charge is 0.409 e. The Morgan fingerprint density at radius 1 is 1.21 bits per heavy atom. The molecule has 206 valence electrons. The van der Waals surface area contributed by atoms with Gasteiger partial charge in [0.2, 0.25) is 10.0 Å². The van der Waals surface area contributed by atoms with E-state index < -0.39 is 39.4 Å². The number of benzene rings is 2. The molecule has 2 aliphatic rings. The molecule has 4 rings (SSSR count). The van der Waals surface area contributed by atoms with Crippen LogP contribution in [0.1, 0.15) is 18.4 Å². The highest BCUT2D eigenvalue weighted by atomic mass is 35.5. The highest BCUT2D eigenvalue weighted by Gasteiger charge is 2.61. The third-order valence-electron chi connectivity index (χ3n) is 6.61. The number of ether oxygens (including phenoxy) is 3. The molecule has 0 aromatic heterocycles. The van der Waals surface area contributed by atoms with Crippen LogP contribution in [0.2, 0.25) is 5.02 Å². The van der Waals surface area contributed by atoms with E-state index in [4.69, 9.17) is 25.8 Å². The largest absolute Gasteiger partial charge is 0.489 e. The number of hydrogen-bond donors (Lipinski definition) is 2. The summed E-state index contributed by atoms with van der Waals surface area (Å²) in [5.41, 5.74) is 0.405. The fourth-order valence-corrected chi connectivity index (χ4v) is 7.00. The lowest BCUT2D eigenvalue weighted by atomic mass is 9.96. The Balaban J connectivity index is 1.53. The summed E-state index contributed by atoms with van der Waals surface area (Å²) in [6, 6.07) is 8.79. The Bertz CT molecular complexity index is 1300. The zero-order valence-electron chi connectivity index (χ0n) is 20.4. The third-order valence-corrected chi connectivity index (χ3v) is 9.00. The maximum atomic E-state index is 13.7. The number of carbonyl (C=O) groups excluding carboxylic acids is 2. The van der Waals surface area contributed by atoms with E-state index in [9.17, 15) is 27.6 Å². The number of hydroxylamine groups is 1. The molecule has 2 atom stereocenters. The molecule has 38 heavy (non-hydrogen) atoms. The van der Waals surface area contributed by atoms with Crippen LogP contribution in [0.4, 0.5) is 9.18 Å². The van der Waals surface area contributed by atoms with E-state index in [1.54, 1.807) is 5.48 Å². The molecule has 2 heterocycles. The summed E-state index contributed by atoms with van der Waals surface area (Å²) in [6.07, 6.45) is -0.303. The predicted molar refractivity (Wildman–Crippen MR) is 132 cm³/mol. The summed E-state index contributed by atoms with van der Waals surface area (Å²) >= 11 is 6.02. The van der Waals surface area contributed by atoms with Crippen LogP contribution in [0.5, 0.6) is 5.75 Å². The molecule has 0 radical (unpaired) electrons.